The zero-order valence-electron chi connectivity index (χ0n) is 13.7. The largest absolute Gasteiger partial charge is 0.370 e. The smallest absolute Gasteiger partial charge is 0.191 e. The first kappa shape index (κ1) is 18.6. The molecule has 7 heteroatoms. The highest BCUT2D eigenvalue weighted by atomic mass is 127. The molecule has 1 aromatic rings. The number of halogens is 1. The van der Waals surface area contributed by atoms with Gasteiger partial charge in [-0.3, -0.25) is 0 Å². The van der Waals surface area contributed by atoms with E-state index >= 15 is 0 Å². The lowest BCUT2D eigenvalue weighted by Gasteiger charge is -2.27. The SMILES string of the molecule is Cc1ccc(CN=C(N)N2CCSCC2)c(N2CCCC2)n1.I. The Balaban J connectivity index is 0.00000192. The molecule has 23 heavy (non-hydrogen) atoms. The quantitative estimate of drug-likeness (QED) is 0.439. The van der Waals surface area contributed by atoms with E-state index < -0.39 is 0 Å². The lowest BCUT2D eigenvalue weighted by Crippen LogP contribution is -2.42. The summed E-state index contributed by atoms with van der Waals surface area (Å²) in [5, 5.41) is 0. The van der Waals surface area contributed by atoms with Crippen LogP contribution in [-0.4, -0.2) is 53.5 Å². The van der Waals surface area contributed by atoms with Gasteiger partial charge in [0.05, 0.1) is 6.54 Å². The molecule has 0 saturated carbocycles. The maximum atomic E-state index is 6.16. The molecule has 2 saturated heterocycles. The van der Waals surface area contributed by atoms with Gasteiger partial charge in [0.25, 0.3) is 0 Å². The topological polar surface area (TPSA) is 57.8 Å². The van der Waals surface area contributed by atoms with Crippen molar-refractivity contribution in [3.8, 4) is 0 Å². The van der Waals surface area contributed by atoms with Crippen molar-refractivity contribution in [2.75, 3.05) is 42.6 Å². The summed E-state index contributed by atoms with van der Waals surface area (Å²) in [4.78, 5) is 13.9. The maximum absolute atomic E-state index is 6.16. The number of aromatic nitrogens is 1. The highest BCUT2D eigenvalue weighted by molar-refractivity contribution is 14.0. The first-order valence-electron chi connectivity index (χ1n) is 8.08. The van der Waals surface area contributed by atoms with Gasteiger partial charge in [0, 0.05) is 48.9 Å². The summed E-state index contributed by atoms with van der Waals surface area (Å²) in [6, 6.07) is 4.22. The van der Waals surface area contributed by atoms with Crippen molar-refractivity contribution in [1.82, 2.24) is 9.88 Å². The highest BCUT2D eigenvalue weighted by Crippen LogP contribution is 2.23. The molecule has 3 heterocycles. The minimum atomic E-state index is 0. The predicted molar refractivity (Wildman–Crippen MR) is 110 cm³/mol. The van der Waals surface area contributed by atoms with Crippen LogP contribution in [0.1, 0.15) is 24.1 Å². The van der Waals surface area contributed by atoms with Crippen molar-refractivity contribution in [3.63, 3.8) is 0 Å². The standard InChI is InChI=1S/C16H25N5S.HI/c1-13-4-5-14(15(19-13)20-6-2-3-7-20)12-18-16(17)21-8-10-22-11-9-21;/h4-5H,2-3,6-12H2,1H3,(H2,17,18);1H. The maximum Gasteiger partial charge on any atom is 0.191 e. The summed E-state index contributed by atoms with van der Waals surface area (Å²) in [5.74, 6) is 4.05. The molecular weight excluding hydrogens is 421 g/mol. The number of thioether (sulfide) groups is 1. The van der Waals surface area contributed by atoms with E-state index in [0.717, 1.165) is 49.2 Å². The molecule has 2 N–H and O–H groups in total. The van der Waals surface area contributed by atoms with Gasteiger partial charge in [0.15, 0.2) is 5.96 Å². The molecule has 3 rings (SSSR count). The van der Waals surface area contributed by atoms with Crippen LogP contribution in [0.2, 0.25) is 0 Å². The summed E-state index contributed by atoms with van der Waals surface area (Å²) >= 11 is 1.98. The average molecular weight is 447 g/mol. The molecule has 1 aromatic heterocycles. The van der Waals surface area contributed by atoms with Crippen molar-refractivity contribution < 1.29 is 0 Å². The molecule has 0 radical (unpaired) electrons. The molecule has 0 bridgehead atoms. The molecule has 2 aliphatic rings. The van der Waals surface area contributed by atoms with Crippen LogP contribution >= 0.6 is 35.7 Å². The third-order valence-electron chi connectivity index (χ3n) is 4.25. The van der Waals surface area contributed by atoms with E-state index in [0.29, 0.717) is 12.5 Å². The van der Waals surface area contributed by atoms with Gasteiger partial charge in [-0.15, -0.1) is 24.0 Å². The summed E-state index contributed by atoms with van der Waals surface area (Å²) in [6.07, 6.45) is 2.51. The fourth-order valence-corrected chi connectivity index (χ4v) is 3.86. The first-order valence-corrected chi connectivity index (χ1v) is 9.23. The van der Waals surface area contributed by atoms with Crippen LogP contribution in [0.15, 0.2) is 17.1 Å². The minimum Gasteiger partial charge on any atom is -0.370 e. The van der Waals surface area contributed by atoms with E-state index in [-0.39, 0.29) is 24.0 Å². The number of pyridine rings is 1. The number of rotatable bonds is 3. The van der Waals surface area contributed by atoms with Crippen molar-refractivity contribution in [2.45, 2.75) is 26.3 Å². The second kappa shape index (κ2) is 8.96. The molecule has 5 nitrogen and oxygen atoms in total. The molecule has 0 spiro atoms. The summed E-state index contributed by atoms with van der Waals surface area (Å²) in [7, 11) is 0. The van der Waals surface area contributed by atoms with E-state index in [1.807, 2.05) is 18.7 Å². The normalized spacial score (nSPS) is 18.9. The lowest BCUT2D eigenvalue weighted by atomic mass is 10.2. The van der Waals surface area contributed by atoms with E-state index in [9.17, 15) is 0 Å². The zero-order valence-corrected chi connectivity index (χ0v) is 16.8. The lowest BCUT2D eigenvalue weighted by molar-refractivity contribution is 0.455. The fraction of sp³-hybridized carbons (Fsp3) is 0.625. The number of hydrogen-bond acceptors (Lipinski definition) is 4. The van der Waals surface area contributed by atoms with Crippen LogP contribution < -0.4 is 10.6 Å². The second-order valence-corrected chi connectivity index (χ2v) is 7.13. The number of hydrogen-bond donors (Lipinski definition) is 1. The molecule has 0 atom stereocenters. The Morgan fingerprint density at radius 1 is 1.22 bits per heavy atom. The van der Waals surface area contributed by atoms with Crippen LogP contribution in [0.3, 0.4) is 0 Å². The van der Waals surface area contributed by atoms with Crippen LogP contribution in [0.25, 0.3) is 0 Å². The van der Waals surface area contributed by atoms with E-state index in [2.05, 4.69) is 26.9 Å². The third-order valence-corrected chi connectivity index (χ3v) is 5.19. The van der Waals surface area contributed by atoms with E-state index in [4.69, 9.17) is 10.7 Å². The third kappa shape index (κ3) is 4.89. The predicted octanol–water partition coefficient (Wildman–Crippen LogP) is 2.47. The molecule has 0 unspecified atom stereocenters. The molecule has 0 aliphatic carbocycles. The van der Waals surface area contributed by atoms with Crippen LogP contribution in [0, 0.1) is 6.92 Å². The van der Waals surface area contributed by atoms with Gasteiger partial charge in [0.1, 0.15) is 5.82 Å². The van der Waals surface area contributed by atoms with Gasteiger partial charge in [-0.25, -0.2) is 9.98 Å². The summed E-state index contributed by atoms with van der Waals surface area (Å²) in [6.45, 7) is 6.88. The highest BCUT2D eigenvalue weighted by Gasteiger charge is 2.18. The Bertz CT molecular complexity index is 539. The van der Waals surface area contributed by atoms with Gasteiger partial charge in [-0.2, -0.15) is 11.8 Å². The van der Waals surface area contributed by atoms with E-state index in [1.54, 1.807) is 0 Å². The molecule has 128 valence electrons. The summed E-state index contributed by atoms with van der Waals surface area (Å²) in [5.41, 5.74) is 8.41. The average Bonchev–Trinajstić information content (AvgIpc) is 3.08. The monoisotopic (exact) mass is 447 g/mol. The molecular formula is C16H26IN5S. The number of aryl methyl sites for hydroxylation is 1. The Morgan fingerprint density at radius 2 is 1.91 bits per heavy atom. The summed E-state index contributed by atoms with van der Waals surface area (Å²) < 4.78 is 0. The van der Waals surface area contributed by atoms with Crippen molar-refractivity contribution in [1.29, 1.82) is 0 Å². The van der Waals surface area contributed by atoms with Crippen LogP contribution in [-0.2, 0) is 6.54 Å². The number of nitrogens with two attached hydrogens (primary N) is 1. The molecule has 2 aliphatic heterocycles. The Kier molecular flexibility index (Phi) is 7.26. The van der Waals surface area contributed by atoms with Gasteiger partial charge >= 0.3 is 0 Å². The molecule has 0 aromatic carbocycles. The number of aliphatic imine (C=N–C) groups is 1. The molecule has 0 amide bonds. The second-order valence-electron chi connectivity index (χ2n) is 5.90. The van der Waals surface area contributed by atoms with Crippen LogP contribution in [0.4, 0.5) is 5.82 Å². The van der Waals surface area contributed by atoms with Gasteiger partial charge in [-0.1, -0.05) is 6.07 Å². The Hall–Kier alpha value is -0.700. The minimum absolute atomic E-state index is 0. The van der Waals surface area contributed by atoms with Crippen molar-refractivity contribution >= 4 is 47.5 Å². The molecule has 2 fully saturated rings. The van der Waals surface area contributed by atoms with Crippen LogP contribution in [0.5, 0.6) is 0 Å². The van der Waals surface area contributed by atoms with E-state index in [1.165, 1.54) is 18.4 Å². The number of guanidine groups is 1. The van der Waals surface area contributed by atoms with Crippen molar-refractivity contribution in [3.05, 3.63) is 23.4 Å². The number of nitrogens with zero attached hydrogens (tertiary/aromatic N) is 4. The van der Waals surface area contributed by atoms with Gasteiger partial charge < -0.3 is 15.5 Å². The van der Waals surface area contributed by atoms with Gasteiger partial charge in [-0.05, 0) is 25.8 Å². The zero-order chi connectivity index (χ0) is 15.4. The van der Waals surface area contributed by atoms with Crippen molar-refractivity contribution in [2.24, 2.45) is 10.7 Å². The number of anilines is 1. The fourth-order valence-electron chi connectivity index (χ4n) is 2.96. The first-order chi connectivity index (χ1) is 10.7. The Morgan fingerprint density at radius 3 is 2.61 bits per heavy atom. The van der Waals surface area contributed by atoms with Gasteiger partial charge in [0.2, 0.25) is 0 Å². The Labute approximate surface area is 160 Å².